The maximum Gasteiger partial charge on any atom is 0.249 e. The second-order valence-electron chi connectivity index (χ2n) is 3.84. The summed E-state index contributed by atoms with van der Waals surface area (Å²) < 4.78 is 26.2. The third-order valence-electron chi connectivity index (χ3n) is 2.29. The van der Waals surface area contributed by atoms with Crippen LogP contribution in [0.15, 0.2) is 24.4 Å². The summed E-state index contributed by atoms with van der Waals surface area (Å²) in [5.74, 6) is -0.663. The molecule has 2 N–H and O–H groups in total. The number of nitrogens with one attached hydrogen (secondary N) is 2. The van der Waals surface area contributed by atoms with Crippen LogP contribution in [0.5, 0.6) is 0 Å². The summed E-state index contributed by atoms with van der Waals surface area (Å²) in [5.41, 5.74) is 0.0934. The van der Waals surface area contributed by atoms with Crippen LogP contribution in [-0.2, 0) is 0 Å². The molecule has 100 valence electrons. The highest BCUT2D eigenvalue weighted by Crippen LogP contribution is 2.18. The molecule has 0 radical (unpaired) electrons. The van der Waals surface area contributed by atoms with Gasteiger partial charge in [0.15, 0.2) is 5.82 Å². The van der Waals surface area contributed by atoms with E-state index < -0.39 is 11.6 Å². The van der Waals surface area contributed by atoms with Gasteiger partial charge >= 0.3 is 0 Å². The average molecular weight is 265 g/mol. The van der Waals surface area contributed by atoms with E-state index in [1.807, 2.05) is 6.92 Å². The standard InChI is InChI=1S/C12H13F2N5/c1-2-5-15-11-7-16-19-12(18-11)17-10-4-3-8(13)6-9(10)14/h3-4,6-7H,2,5H2,1H3,(H2,15,17,18,19). The van der Waals surface area contributed by atoms with Crippen LogP contribution >= 0.6 is 0 Å². The van der Waals surface area contributed by atoms with Gasteiger partial charge in [-0.1, -0.05) is 6.92 Å². The van der Waals surface area contributed by atoms with Crippen molar-refractivity contribution in [3.8, 4) is 0 Å². The number of hydrogen-bond acceptors (Lipinski definition) is 5. The lowest BCUT2D eigenvalue weighted by Crippen LogP contribution is -2.06. The zero-order valence-electron chi connectivity index (χ0n) is 10.3. The third kappa shape index (κ3) is 3.57. The van der Waals surface area contributed by atoms with Crippen molar-refractivity contribution in [1.82, 2.24) is 15.2 Å². The fraction of sp³-hybridized carbons (Fsp3) is 0.250. The first-order valence-corrected chi connectivity index (χ1v) is 5.84. The van der Waals surface area contributed by atoms with Gasteiger partial charge < -0.3 is 10.6 Å². The Morgan fingerprint density at radius 2 is 2.11 bits per heavy atom. The van der Waals surface area contributed by atoms with Gasteiger partial charge in [0, 0.05) is 12.6 Å². The Balaban J connectivity index is 2.14. The van der Waals surface area contributed by atoms with Crippen molar-refractivity contribution in [2.75, 3.05) is 17.2 Å². The second-order valence-corrected chi connectivity index (χ2v) is 3.84. The maximum atomic E-state index is 13.4. The fourth-order valence-electron chi connectivity index (χ4n) is 1.41. The van der Waals surface area contributed by atoms with E-state index in [1.165, 1.54) is 12.3 Å². The van der Waals surface area contributed by atoms with E-state index in [-0.39, 0.29) is 11.6 Å². The lowest BCUT2D eigenvalue weighted by Gasteiger charge is -2.07. The molecule has 0 saturated heterocycles. The van der Waals surface area contributed by atoms with Crippen LogP contribution in [0.4, 0.5) is 26.2 Å². The van der Waals surface area contributed by atoms with E-state index in [9.17, 15) is 8.78 Å². The van der Waals surface area contributed by atoms with Crippen LogP contribution in [0.3, 0.4) is 0 Å². The van der Waals surface area contributed by atoms with Gasteiger partial charge in [0.2, 0.25) is 5.95 Å². The maximum absolute atomic E-state index is 13.4. The van der Waals surface area contributed by atoms with Crippen molar-refractivity contribution in [3.63, 3.8) is 0 Å². The molecular weight excluding hydrogens is 252 g/mol. The molecule has 5 nitrogen and oxygen atoms in total. The molecular formula is C12H13F2N5. The number of hydrogen-bond donors (Lipinski definition) is 2. The molecule has 0 spiro atoms. The fourth-order valence-corrected chi connectivity index (χ4v) is 1.41. The smallest absolute Gasteiger partial charge is 0.249 e. The summed E-state index contributed by atoms with van der Waals surface area (Å²) in [5, 5.41) is 13.2. The van der Waals surface area contributed by atoms with Gasteiger partial charge in [0.05, 0.1) is 11.9 Å². The predicted molar refractivity (Wildman–Crippen MR) is 68.2 cm³/mol. The van der Waals surface area contributed by atoms with E-state index in [1.54, 1.807) is 0 Å². The van der Waals surface area contributed by atoms with Crippen molar-refractivity contribution < 1.29 is 8.78 Å². The Bertz CT molecular complexity index is 562. The van der Waals surface area contributed by atoms with Crippen LogP contribution < -0.4 is 10.6 Å². The molecule has 2 rings (SSSR count). The molecule has 0 aliphatic carbocycles. The molecule has 0 unspecified atom stereocenters. The Morgan fingerprint density at radius 3 is 2.84 bits per heavy atom. The molecule has 0 fully saturated rings. The molecule has 0 amide bonds. The second kappa shape index (κ2) is 6.03. The van der Waals surface area contributed by atoms with E-state index >= 15 is 0 Å². The first kappa shape index (κ1) is 13.1. The van der Waals surface area contributed by atoms with Crippen LogP contribution in [0.25, 0.3) is 0 Å². The van der Waals surface area contributed by atoms with Crippen molar-refractivity contribution in [1.29, 1.82) is 0 Å². The van der Waals surface area contributed by atoms with Gasteiger partial charge in [0.1, 0.15) is 11.6 Å². The van der Waals surface area contributed by atoms with Gasteiger partial charge in [0.25, 0.3) is 0 Å². The Labute approximate surface area is 109 Å². The van der Waals surface area contributed by atoms with Crippen molar-refractivity contribution in [2.24, 2.45) is 0 Å². The minimum Gasteiger partial charge on any atom is -0.369 e. The van der Waals surface area contributed by atoms with E-state index in [4.69, 9.17) is 0 Å². The van der Waals surface area contributed by atoms with Crippen molar-refractivity contribution in [3.05, 3.63) is 36.0 Å². The molecule has 2 aromatic rings. The highest BCUT2D eigenvalue weighted by atomic mass is 19.1. The van der Waals surface area contributed by atoms with Crippen LogP contribution in [0.2, 0.25) is 0 Å². The summed E-state index contributed by atoms with van der Waals surface area (Å²) in [6.07, 6.45) is 2.42. The van der Waals surface area contributed by atoms with E-state index in [0.717, 1.165) is 25.1 Å². The molecule has 1 aromatic heterocycles. The van der Waals surface area contributed by atoms with Crippen molar-refractivity contribution >= 4 is 17.5 Å². The SMILES string of the molecule is CCCNc1cnnc(Nc2ccc(F)cc2F)n1. The number of benzene rings is 1. The van der Waals surface area contributed by atoms with Crippen LogP contribution in [-0.4, -0.2) is 21.7 Å². The van der Waals surface area contributed by atoms with Crippen molar-refractivity contribution in [2.45, 2.75) is 13.3 Å². The lowest BCUT2D eigenvalue weighted by molar-refractivity contribution is 0.586. The van der Waals surface area contributed by atoms with E-state index in [2.05, 4.69) is 25.8 Å². The van der Waals surface area contributed by atoms with E-state index in [0.29, 0.717) is 5.82 Å². The first-order chi connectivity index (χ1) is 9.19. The quantitative estimate of drug-likeness (QED) is 0.870. The molecule has 0 saturated carbocycles. The summed E-state index contributed by atoms with van der Waals surface area (Å²) >= 11 is 0. The van der Waals surface area contributed by atoms with Gasteiger partial charge in [-0.2, -0.15) is 10.1 Å². The molecule has 19 heavy (non-hydrogen) atoms. The summed E-state index contributed by atoms with van der Waals surface area (Å²) in [7, 11) is 0. The Hall–Kier alpha value is -2.31. The monoisotopic (exact) mass is 265 g/mol. The summed E-state index contributed by atoms with van der Waals surface area (Å²) in [6, 6.07) is 3.22. The largest absolute Gasteiger partial charge is 0.369 e. The Morgan fingerprint density at radius 1 is 1.26 bits per heavy atom. The minimum absolute atomic E-state index is 0.0934. The van der Waals surface area contributed by atoms with Gasteiger partial charge in [-0.15, -0.1) is 5.10 Å². The number of aromatic nitrogens is 3. The summed E-state index contributed by atoms with van der Waals surface area (Å²) in [6.45, 7) is 2.78. The molecule has 0 atom stereocenters. The first-order valence-electron chi connectivity index (χ1n) is 5.84. The molecule has 7 heteroatoms. The highest BCUT2D eigenvalue weighted by molar-refractivity contribution is 5.54. The zero-order chi connectivity index (χ0) is 13.7. The number of anilines is 3. The zero-order valence-corrected chi connectivity index (χ0v) is 10.3. The third-order valence-corrected chi connectivity index (χ3v) is 2.29. The number of nitrogens with zero attached hydrogens (tertiary/aromatic N) is 3. The molecule has 0 aliphatic rings. The lowest BCUT2D eigenvalue weighted by atomic mass is 10.3. The highest BCUT2D eigenvalue weighted by Gasteiger charge is 2.06. The molecule has 0 aliphatic heterocycles. The average Bonchev–Trinajstić information content (AvgIpc) is 2.40. The predicted octanol–water partition coefficient (Wildman–Crippen LogP) is 2.72. The topological polar surface area (TPSA) is 62.7 Å². The van der Waals surface area contributed by atoms with Crippen LogP contribution in [0, 0.1) is 11.6 Å². The number of rotatable bonds is 5. The Kier molecular flexibility index (Phi) is 4.17. The van der Waals surface area contributed by atoms with Gasteiger partial charge in [-0.25, -0.2) is 8.78 Å². The number of halogens is 2. The summed E-state index contributed by atoms with van der Waals surface area (Å²) in [4.78, 5) is 4.11. The minimum atomic E-state index is -0.712. The molecule has 1 aromatic carbocycles. The van der Waals surface area contributed by atoms with Crippen LogP contribution in [0.1, 0.15) is 13.3 Å². The van der Waals surface area contributed by atoms with Gasteiger partial charge in [-0.3, -0.25) is 0 Å². The normalized spacial score (nSPS) is 10.3. The van der Waals surface area contributed by atoms with Gasteiger partial charge in [-0.05, 0) is 18.6 Å². The molecule has 0 bridgehead atoms. The molecule has 1 heterocycles.